The summed E-state index contributed by atoms with van der Waals surface area (Å²) in [6.07, 6.45) is 80.9. The summed E-state index contributed by atoms with van der Waals surface area (Å²) in [5, 5.41) is 86.3. The minimum absolute atomic E-state index is 0.0601. The Bertz CT molecular complexity index is 3520. The molecular weight excluding hydrogens is 1870 g/mol. The molecule has 0 spiro atoms. The van der Waals surface area contributed by atoms with Crippen molar-refractivity contribution in [1.82, 2.24) is 0 Å². The molecule has 0 radical (unpaired) electrons. The topological polar surface area (TPSA) is 372 Å². The first-order valence-corrected chi connectivity index (χ1v) is 59.6. The fourth-order valence-electron chi connectivity index (χ4n) is 21.6. The highest BCUT2D eigenvalue weighted by molar-refractivity contribution is 5.74. The number of hydrogen-bond acceptors (Lipinski definition) is 16. The minimum Gasteiger partial charge on any atom is -0.481 e. The molecule has 0 amide bonds. The molecule has 4 aromatic carbocycles. The van der Waals surface area contributed by atoms with E-state index in [0.717, 1.165) is 154 Å². The lowest BCUT2D eigenvalue weighted by Gasteiger charge is -2.32. The maximum Gasteiger partial charge on any atom is 0.341 e. The third-order valence-electron chi connectivity index (χ3n) is 29.8. The summed E-state index contributed by atoms with van der Waals surface area (Å²) in [5.74, 6) is -15.4. The number of benzene rings is 4. The largest absolute Gasteiger partial charge is 0.481 e. The van der Waals surface area contributed by atoms with Gasteiger partial charge in [-0.25, -0.2) is 38.4 Å². The first-order valence-electron chi connectivity index (χ1n) is 59.6. The zero-order valence-electron chi connectivity index (χ0n) is 92.4. The molecule has 1 aliphatic carbocycles. The molecule has 8 N–H and O–H groups in total. The van der Waals surface area contributed by atoms with Gasteiger partial charge < -0.3 is 78.7 Å². The number of carboxylic acid groups (broad SMARTS) is 8. The molecule has 0 aromatic heterocycles. The van der Waals surface area contributed by atoms with Crippen molar-refractivity contribution in [3.05, 3.63) is 93.0 Å². The van der Waals surface area contributed by atoms with E-state index < -0.39 is 124 Å². The molecule has 8 bridgehead atoms. The summed E-state index contributed by atoms with van der Waals surface area (Å²) in [6, 6.07) is 13.1. The van der Waals surface area contributed by atoms with Crippen molar-refractivity contribution in [3.8, 4) is 46.0 Å². The smallest absolute Gasteiger partial charge is 0.341 e. The molecule has 24 heteroatoms. The molecular formula is C124H200O24. The third kappa shape index (κ3) is 59.2. The van der Waals surface area contributed by atoms with Gasteiger partial charge >= 0.3 is 47.8 Å². The zero-order chi connectivity index (χ0) is 107. The Morgan fingerprint density at radius 3 is 0.324 bits per heavy atom. The van der Waals surface area contributed by atoms with E-state index in [1.54, 1.807) is 24.3 Å². The van der Waals surface area contributed by atoms with Crippen LogP contribution in [0.1, 0.15) is 584 Å². The Labute approximate surface area is 891 Å². The molecule has 5 rings (SSSR count). The molecule has 0 aliphatic heterocycles. The molecule has 840 valence electrons. The minimum atomic E-state index is -1.36. The third-order valence-corrected chi connectivity index (χ3v) is 29.8. The number of carbonyl (C=O) groups is 8. The quantitative estimate of drug-likeness (QED) is 0.0190. The Kier molecular flexibility index (Phi) is 74.0. The van der Waals surface area contributed by atoms with Crippen LogP contribution in [0.5, 0.6) is 46.0 Å². The van der Waals surface area contributed by atoms with Crippen molar-refractivity contribution < 1.29 is 117 Å². The lowest BCUT2D eigenvalue weighted by molar-refractivity contribution is -0.140. The van der Waals surface area contributed by atoms with E-state index in [9.17, 15) is 79.2 Å². The van der Waals surface area contributed by atoms with Crippen molar-refractivity contribution in [2.24, 2.45) is 0 Å². The van der Waals surface area contributed by atoms with Gasteiger partial charge in [-0.15, -0.1) is 0 Å². The number of rotatable bonds is 100. The number of fused-ring (bicyclic) bond motifs is 8. The van der Waals surface area contributed by atoms with E-state index in [-0.39, 0.29) is 71.7 Å². The van der Waals surface area contributed by atoms with Gasteiger partial charge in [0.2, 0.25) is 0 Å². The Morgan fingerprint density at radius 2 is 0.236 bits per heavy atom. The molecule has 0 saturated carbocycles. The van der Waals surface area contributed by atoms with Gasteiger partial charge in [0.15, 0.2) is 52.9 Å². The highest BCUT2D eigenvalue weighted by atomic mass is 16.5. The first kappa shape index (κ1) is 129. The van der Waals surface area contributed by atoms with Gasteiger partial charge in [0, 0.05) is 92.4 Å². The summed E-state index contributed by atoms with van der Waals surface area (Å²) in [4.78, 5) is 106. The van der Waals surface area contributed by atoms with E-state index in [0.29, 0.717) is 95.9 Å². The summed E-state index contributed by atoms with van der Waals surface area (Å²) in [5.41, 5.74) is 2.56. The number of carboxylic acids is 8. The van der Waals surface area contributed by atoms with Crippen molar-refractivity contribution in [3.63, 3.8) is 0 Å². The van der Waals surface area contributed by atoms with Crippen LogP contribution in [0, 0.1) is 0 Å². The molecule has 4 aromatic rings. The van der Waals surface area contributed by atoms with Crippen molar-refractivity contribution in [2.45, 2.75) is 539 Å². The standard InChI is InChI=1S/C124H200O24/c1-5-9-13-17-21-25-29-33-37-41-45-49-53-57-61-65-69-73-77-97-101-81-103(111(143-91-119(129)130)85-109(101)141-89-117(125)126)98(78-74-70-66-62-58-54-50-46-42-38-34-30-26-22-18-14-10-6-2)105-83-107(115(147-95-123(137)138)87-113(105)145-93-121(133)134)100(80-76-72-68-64-60-56-52-48-44-40-36-32-28-24-20-16-12-8-4)108-84-106(114(146-94-122(135)136)88-116(108)148-96-124(139)140)99(104-82-102(97)110(142-90-118(127)128)86-112(104)144-92-120(131)132)79-75-71-67-63-59-55-51-47-43-39-35-31-27-23-19-15-11-7-3/h81-88,97-100H,5-80,89-96H2,1-4H3,(H,125,126)(H,127,128)(H,129,130)(H,131,132)(H,133,134)(H,135,136)(H,137,138)(H,139,140). The van der Waals surface area contributed by atoms with E-state index in [1.807, 2.05) is 0 Å². The van der Waals surface area contributed by atoms with Crippen LogP contribution in [0.4, 0.5) is 0 Å². The number of ether oxygens (including phenoxy) is 8. The van der Waals surface area contributed by atoms with Crippen LogP contribution >= 0.6 is 0 Å². The number of hydrogen-bond donors (Lipinski definition) is 8. The van der Waals surface area contributed by atoms with Gasteiger partial charge in [0.05, 0.1) is 0 Å². The fourth-order valence-corrected chi connectivity index (χ4v) is 21.6. The molecule has 0 atom stereocenters. The molecule has 148 heavy (non-hydrogen) atoms. The van der Waals surface area contributed by atoms with Gasteiger partial charge in [0.25, 0.3) is 0 Å². The summed E-state index contributed by atoms with van der Waals surface area (Å²) in [6.45, 7) is 1.64. The molecule has 0 fully saturated rings. The molecule has 24 nitrogen and oxygen atoms in total. The summed E-state index contributed by atoms with van der Waals surface area (Å²) < 4.78 is 52.3. The van der Waals surface area contributed by atoms with Gasteiger partial charge in [-0.1, -0.05) is 490 Å². The fraction of sp³-hybridized carbons (Fsp3) is 0.742. The Hall–Kier alpha value is -8.96. The highest BCUT2D eigenvalue weighted by Gasteiger charge is 2.37. The lowest BCUT2D eigenvalue weighted by Crippen LogP contribution is -2.20. The van der Waals surface area contributed by atoms with E-state index >= 15 is 0 Å². The van der Waals surface area contributed by atoms with Crippen LogP contribution in [0.3, 0.4) is 0 Å². The lowest BCUT2D eigenvalue weighted by atomic mass is 9.76. The average molecular weight is 2070 g/mol. The summed E-state index contributed by atoms with van der Waals surface area (Å²) in [7, 11) is 0. The predicted molar refractivity (Wildman–Crippen MR) is 592 cm³/mol. The number of unbranched alkanes of at least 4 members (excludes halogenated alkanes) is 68. The summed E-state index contributed by atoms with van der Waals surface area (Å²) >= 11 is 0. The first-order chi connectivity index (χ1) is 72.1. The van der Waals surface area contributed by atoms with E-state index in [1.165, 1.54) is 281 Å². The Morgan fingerprint density at radius 1 is 0.149 bits per heavy atom. The van der Waals surface area contributed by atoms with Crippen molar-refractivity contribution in [1.29, 1.82) is 0 Å². The van der Waals surface area contributed by atoms with Crippen LogP contribution in [0.2, 0.25) is 0 Å². The van der Waals surface area contributed by atoms with Crippen LogP contribution in [-0.2, 0) is 38.4 Å². The second-order valence-corrected chi connectivity index (χ2v) is 42.6. The van der Waals surface area contributed by atoms with Crippen molar-refractivity contribution in [2.75, 3.05) is 52.9 Å². The van der Waals surface area contributed by atoms with Crippen LogP contribution in [-0.4, -0.2) is 141 Å². The van der Waals surface area contributed by atoms with Gasteiger partial charge in [-0.05, 0) is 49.9 Å². The van der Waals surface area contributed by atoms with Gasteiger partial charge in [-0.3, -0.25) is 0 Å². The Balaban J connectivity index is 1.90. The van der Waals surface area contributed by atoms with E-state index in [2.05, 4.69) is 27.7 Å². The molecule has 0 saturated heterocycles. The molecule has 1 aliphatic rings. The highest BCUT2D eigenvalue weighted by Crippen LogP contribution is 2.55. The molecule has 0 unspecified atom stereocenters. The second-order valence-electron chi connectivity index (χ2n) is 42.6. The molecule has 0 heterocycles. The van der Waals surface area contributed by atoms with Gasteiger partial charge in [-0.2, -0.15) is 0 Å². The predicted octanol–water partition coefficient (Wildman–Crippen LogP) is 34.0. The number of aliphatic carboxylic acids is 8. The van der Waals surface area contributed by atoms with E-state index in [4.69, 9.17) is 37.9 Å². The average Bonchev–Trinajstić information content (AvgIpc) is 0.743. The zero-order valence-corrected chi connectivity index (χ0v) is 92.4. The maximum atomic E-state index is 13.2. The SMILES string of the molecule is CCCCCCCCCCCCCCCCCCCCC1c2cc(c(OCC(=O)O)cc2OCC(=O)O)C(CCCCCCCCCCCCCCCCCCCC)c2cc(c(OCC(=O)O)cc2OCC(=O)O)C(CCCCCCCCCCCCCCCCCCCC)c2cc(c(OCC(=O)O)cc2OCC(=O)O)C(CCCCCCCCCCCCCCCCCCCC)c2cc1c(OCC(=O)O)cc2OCC(=O)O. The second kappa shape index (κ2) is 84.6. The van der Waals surface area contributed by atoms with Crippen LogP contribution < -0.4 is 37.9 Å². The normalized spacial score (nSPS) is 13.8. The van der Waals surface area contributed by atoms with Crippen LogP contribution in [0.15, 0.2) is 48.5 Å². The monoisotopic (exact) mass is 2070 g/mol. The van der Waals surface area contributed by atoms with Crippen molar-refractivity contribution >= 4 is 47.8 Å². The van der Waals surface area contributed by atoms with Crippen LogP contribution in [0.25, 0.3) is 0 Å². The van der Waals surface area contributed by atoms with Gasteiger partial charge in [0.1, 0.15) is 46.0 Å². The maximum absolute atomic E-state index is 13.2.